The molecular weight excluding hydrogens is 370 g/mol. The van der Waals surface area contributed by atoms with E-state index in [2.05, 4.69) is 15.8 Å². The third-order valence-electron chi connectivity index (χ3n) is 3.56. The van der Waals surface area contributed by atoms with Crippen molar-refractivity contribution in [2.24, 2.45) is 0 Å². The number of carbonyl (C=O) groups excluding carboxylic acids is 3. The van der Waals surface area contributed by atoms with E-state index >= 15 is 0 Å². The molecule has 1 heterocycles. The van der Waals surface area contributed by atoms with Crippen molar-refractivity contribution in [3.8, 4) is 11.5 Å². The second-order valence-corrected chi connectivity index (χ2v) is 5.73. The zero-order valence-corrected chi connectivity index (χ0v) is 15.9. The quantitative estimate of drug-likeness (QED) is 0.644. The van der Waals surface area contributed by atoms with Gasteiger partial charge in [-0.15, -0.1) is 0 Å². The van der Waals surface area contributed by atoms with E-state index in [0.717, 1.165) is 0 Å². The molecule has 0 unspecified atom stereocenters. The van der Waals surface area contributed by atoms with Crippen LogP contribution in [0.3, 0.4) is 0 Å². The van der Waals surface area contributed by atoms with E-state index in [0.29, 0.717) is 17.3 Å². The van der Waals surface area contributed by atoms with Gasteiger partial charge in [0.1, 0.15) is 23.8 Å². The zero-order valence-electron chi connectivity index (χ0n) is 15.9. The first-order chi connectivity index (χ1) is 13.3. The molecule has 1 aromatic carbocycles. The number of nitrogens with zero attached hydrogens (tertiary/aromatic N) is 1. The molecule has 2 N–H and O–H groups in total. The first-order valence-corrected chi connectivity index (χ1v) is 8.27. The lowest BCUT2D eigenvalue weighted by molar-refractivity contribution is -0.152. The number of hydrogen-bond acceptors (Lipinski definition) is 8. The summed E-state index contributed by atoms with van der Waals surface area (Å²) in [6, 6.07) is 6.13. The molecule has 0 fully saturated rings. The molecule has 10 nitrogen and oxygen atoms in total. The third kappa shape index (κ3) is 5.73. The summed E-state index contributed by atoms with van der Waals surface area (Å²) in [6.07, 6.45) is -1.08. The van der Waals surface area contributed by atoms with Gasteiger partial charge >= 0.3 is 5.97 Å². The maximum absolute atomic E-state index is 12.2. The summed E-state index contributed by atoms with van der Waals surface area (Å²) in [6.45, 7) is 2.65. The van der Waals surface area contributed by atoms with Gasteiger partial charge in [-0.05, 0) is 26.0 Å². The Labute approximate surface area is 161 Å². The lowest BCUT2D eigenvalue weighted by atomic mass is 10.2. The summed E-state index contributed by atoms with van der Waals surface area (Å²) in [4.78, 5) is 36.1. The second kappa shape index (κ2) is 9.40. The maximum atomic E-state index is 12.2. The van der Waals surface area contributed by atoms with Crippen molar-refractivity contribution < 1.29 is 33.1 Å². The Morgan fingerprint density at radius 2 is 1.75 bits per heavy atom. The largest absolute Gasteiger partial charge is 0.497 e. The minimum Gasteiger partial charge on any atom is -0.497 e. The first-order valence-electron chi connectivity index (χ1n) is 8.27. The molecule has 2 aromatic rings. The topological polar surface area (TPSA) is 129 Å². The number of methoxy groups -OCH3 is 2. The molecule has 0 aliphatic rings. The molecule has 0 saturated carbocycles. The van der Waals surface area contributed by atoms with Gasteiger partial charge in [-0.3, -0.25) is 14.4 Å². The van der Waals surface area contributed by atoms with Gasteiger partial charge in [0.15, 0.2) is 11.9 Å². The monoisotopic (exact) mass is 391 g/mol. The van der Waals surface area contributed by atoms with E-state index in [-0.39, 0.29) is 11.4 Å². The van der Waals surface area contributed by atoms with Gasteiger partial charge in [-0.2, -0.15) is 0 Å². The highest BCUT2D eigenvalue weighted by Crippen LogP contribution is 2.22. The zero-order chi connectivity index (χ0) is 20.7. The van der Waals surface area contributed by atoms with Gasteiger partial charge < -0.3 is 29.4 Å². The molecule has 0 aliphatic carbocycles. The summed E-state index contributed by atoms with van der Waals surface area (Å²) < 4.78 is 20.0. The Morgan fingerprint density at radius 1 is 1.11 bits per heavy atom. The van der Waals surface area contributed by atoms with Crippen LogP contribution in [0.15, 0.2) is 28.8 Å². The summed E-state index contributed by atoms with van der Waals surface area (Å²) in [5.41, 5.74) is 0.246. The number of carbonyl (C=O) groups is 3. The number of benzene rings is 1. The molecule has 1 atom stereocenters. The van der Waals surface area contributed by atoms with Gasteiger partial charge in [0.05, 0.1) is 14.2 Å². The van der Waals surface area contributed by atoms with Gasteiger partial charge in [-0.1, -0.05) is 5.16 Å². The highest BCUT2D eigenvalue weighted by Gasteiger charge is 2.20. The van der Waals surface area contributed by atoms with E-state index in [9.17, 15) is 14.4 Å². The van der Waals surface area contributed by atoms with Crippen LogP contribution in [-0.2, 0) is 14.3 Å². The van der Waals surface area contributed by atoms with Crippen molar-refractivity contribution in [1.82, 2.24) is 10.5 Å². The van der Waals surface area contributed by atoms with Gasteiger partial charge in [0, 0.05) is 17.7 Å². The number of aromatic nitrogens is 1. The Kier molecular flexibility index (Phi) is 6.96. The Hall–Kier alpha value is -3.56. The van der Waals surface area contributed by atoms with Crippen LogP contribution < -0.4 is 20.1 Å². The first kappa shape index (κ1) is 20.7. The van der Waals surface area contributed by atoms with Crippen LogP contribution in [0.25, 0.3) is 0 Å². The van der Waals surface area contributed by atoms with Crippen molar-refractivity contribution in [3.05, 3.63) is 35.6 Å². The molecule has 150 valence electrons. The number of anilines is 1. The second-order valence-electron chi connectivity index (χ2n) is 5.73. The van der Waals surface area contributed by atoms with Crippen LogP contribution in [-0.4, -0.2) is 49.8 Å². The van der Waals surface area contributed by atoms with Crippen LogP contribution in [0.2, 0.25) is 0 Å². The van der Waals surface area contributed by atoms with Crippen molar-refractivity contribution in [2.45, 2.75) is 20.0 Å². The molecule has 2 rings (SSSR count). The van der Waals surface area contributed by atoms with Crippen LogP contribution in [0.1, 0.15) is 23.0 Å². The molecule has 10 heteroatoms. The normalized spacial score (nSPS) is 11.3. The van der Waals surface area contributed by atoms with Gasteiger partial charge in [-0.25, -0.2) is 0 Å². The maximum Gasteiger partial charge on any atom is 0.326 e. The van der Waals surface area contributed by atoms with E-state index in [1.165, 1.54) is 39.3 Å². The number of nitrogens with one attached hydrogen (secondary N) is 2. The standard InChI is InChI=1S/C18H21N3O7/c1-10-5-15(21-28-10)20-17(23)11(2)27-16(22)9-19-18(24)12-6-13(25-3)8-14(7-12)26-4/h5-8,11H,9H2,1-4H3,(H,19,24)(H,20,21,23)/t11-/m0/s1. The summed E-state index contributed by atoms with van der Waals surface area (Å²) in [5.74, 6) is -0.277. The molecule has 0 bridgehead atoms. The minimum atomic E-state index is -1.08. The fraction of sp³-hybridized carbons (Fsp3) is 0.333. The van der Waals surface area contributed by atoms with E-state index in [4.69, 9.17) is 18.7 Å². The smallest absolute Gasteiger partial charge is 0.326 e. The molecule has 0 spiro atoms. The van der Waals surface area contributed by atoms with Crippen LogP contribution in [0, 0.1) is 6.92 Å². The molecule has 2 amide bonds. The number of rotatable bonds is 8. The number of ether oxygens (including phenoxy) is 3. The SMILES string of the molecule is COc1cc(OC)cc(C(=O)NCC(=O)O[C@@H](C)C(=O)Nc2cc(C)on2)c1. The Balaban J connectivity index is 1.85. The van der Waals surface area contributed by atoms with Crippen molar-refractivity contribution in [3.63, 3.8) is 0 Å². The van der Waals surface area contributed by atoms with E-state index in [1.54, 1.807) is 13.0 Å². The highest BCUT2D eigenvalue weighted by atomic mass is 16.5. The van der Waals surface area contributed by atoms with Crippen molar-refractivity contribution in [2.75, 3.05) is 26.1 Å². The Bertz CT molecular complexity index is 840. The average molecular weight is 391 g/mol. The predicted molar refractivity (Wildman–Crippen MR) is 97.3 cm³/mol. The van der Waals surface area contributed by atoms with Crippen LogP contribution in [0.4, 0.5) is 5.82 Å². The lowest BCUT2D eigenvalue weighted by Gasteiger charge is -2.13. The molecule has 0 radical (unpaired) electrons. The minimum absolute atomic E-state index is 0.214. The predicted octanol–water partition coefficient (Wildman–Crippen LogP) is 1.30. The molecular formula is C18H21N3O7. The molecule has 1 aromatic heterocycles. The number of esters is 1. The van der Waals surface area contributed by atoms with Crippen molar-refractivity contribution >= 4 is 23.6 Å². The van der Waals surface area contributed by atoms with Crippen LogP contribution in [0.5, 0.6) is 11.5 Å². The summed E-state index contributed by atoms with van der Waals surface area (Å²) in [5, 5.41) is 8.48. The highest BCUT2D eigenvalue weighted by molar-refractivity contribution is 5.97. The molecule has 0 saturated heterocycles. The third-order valence-corrected chi connectivity index (χ3v) is 3.56. The molecule has 28 heavy (non-hydrogen) atoms. The fourth-order valence-electron chi connectivity index (χ4n) is 2.14. The number of aryl methyl sites for hydroxylation is 1. The summed E-state index contributed by atoms with van der Waals surface area (Å²) >= 11 is 0. The van der Waals surface area contributed by atoms with E-state index < -0.39 is 30.4 Å². The average Bonchev–Trinajstić information content (AvgIpc) is 3.09. The number of amides is 2. The number of hydrogen-bond donors (Lipinski definition) is 2. The van der Waals surface area contributed by atoms with Gasteiger partial charge in [0.25, 0.3) is 11.8 Å². The molecule has 0 aliphatic heterocycles. The lowest BCUT2D eigenvalue weighted by Crippen LogP contribution is -2.35. The summed E-state index contributed by atoms with van der Waals surface area (Å²) in [7, 11) is 2.92. The van der Waals surface area contributed by atoms with Crippen LogP contribution >= 0.6 is 0 Å². The van der Waals surface area contributed by atoms with E-state index in [1.807, 2.05) is 0 Å². The van der Waals surface area contributed by atoms with Gasteiger partial charge in [0.2, 0.25) is 0 Å². The Morgan fingerprint density at radius 3 is 2.29 bits per heavy atom. The fourth-order valence-corrected chi connectivity index (χ4v) is 2.14. The van der Waals surface area contributed by atoms with Crippen molar-refractivity contribution in [1.29, 1.82) is 0 Å².